The van der Waals surface area contributed by atoms with E-state index in [2.05, 4.69) is 11.4 Å². The van der Waals surface area contributed by atoms with Crippen molar-refractivity contribution in [3.8, 4) is 6.07 Å². The maximum absolute atomic E-state index is 9.18. The Morgan fingerprint density at radius 3 is 2.89 bits per heavy atom. The minimum Gasteiger partial charge on any atom is -0.379 e. The summed E-state index contributed by atoms with van der Waals surface area (Å²) < 4.78 is 5.81. The lowest BCUT2D eigenvalue weighted by Crippen LogP contribution is -2.31. The normalized spacial score (nSPS) is 26.9. The van der Waals surface area contributed by atoms with E-state index < -0.39 is 0 Å². The number of anilines is 1. The molecule has 2 unspecified atom stereocenters. The van der Waals surface area contributed by atoms with E-state index in [1.165, 1.54) is 12.8 Å². The molecular weight excluding hydrogens is 224 g/mol. The molecule has 0 spiro atoms. The van der Waals surface area contributed by atoms with Crippen LogP contribution < -0.4 is 5.32 Å². The van der Waals surface area contributed by atoms with E-state index in [-0.39, 0.29) is 0 Å². The number of nitrogens with one attached hydrogen (secondary N) is 1. The fraction of sp³-hybridized carbons (Fsp3) is 0.533. The van der Waals surface area contributed by atoms with Crippen molar-refractivity contribution >= 4 is 5.69 Å². The quantitative estimate of drug-likeness (QED) is 0.886. The van der Waals surface area contributed by atoms with Crippen molar-refractivity contribution in [2.45, 2.75) is 38.3 Å². The number of rotatable bonds is 3. The lowest BCUT2D eigenvalue weighted by Gasteiger charge is -2.21. The summed E-state index contributed by atoms with van der Waals surface area (Å²) in [5.41, 5.74) is 2.80. The number of nitrogens with zero attached hydrogens (tertiary/aromatic N) is 1. The van der Waals surface area contributed by atoms with E-state index in [9.17, 15) is 5.26 Å². The summed E-state index contributed by atoms with van der Waals surface area (Å²) in [6.07, 6.45) is 3.97. The first kappa shape index (κ1) is 11.6. The molecule has 2 atom stereocenters. The van der Waals surface area contributed by atoms with Crippen LogP contribution in [-0.2, 0) is 4.74 Å². The lowest BCUT2D eigenvalue weighted by molar-refractivity contribution is 0.0898. The first-order chi connectivity index (χ1) is 8.78. The minimum atomic E-state index is 0.345. The highest BCUT2D eigenvalue weighted by atomic mass is 16.5. The van der Waals surface area contributed by atoms with Crippen LogP contribution >= 0.6 is 0 Å². The highest BCUT2D eigenvalue weighted by Crippen LogP contribution is 2.39. The van der Waals surface area contributed by atoms with E-state index in [0.29, 0.717) is 12.1 Å². The van der Waals surface area contributed by atoms with E-state index in [1.54, 1.807) is 0 Å². The second kappa shape index (κ2) is 4.62. The Balaban J connectivity index is 1.77. The number of benzene rings is 1. The molecule has 3 nitrogen and oxygen atoms in total. The van der Waals surface area contributed by atoms with Crippen LogP contribution in [0.2, 0.25) is 0 Å². The molecule has 1 aromatic carbocycles. The van der Waals surface area contributed by atoms with Crippen LogP contribution in [-0.4, -0.2) is 18.8 Å². The van der Waals surface area contributed by atoms with Gasteiger partial charge in [-0.05, 0) is 49.8 Å². The Morgan fingerprint density at radius 2 is 2.17 bits per heavy atom. The Bertz CT molecular complexity index is 488. The number of nitriles is 1. The molecule has 1 heterocycles. The number of hydrogen-bond donors (Lipinski definition) is 1. The maximum Gasteiger partial charge on any atom is 0.101 e. The Labute approximate surface area is 108 Å². The Morgan fingerprint density at radius 1 is 1.33 bits per heavy atom. The van der Waals surface area contributed by atoms with Crippen LogP contribution in [0.5, 0.6) is 0 Å². The van der Waals surface area contributed by atoms with Crippen molar-refractivity contribution in [2.24, 2.45) is 5.92 Å². The molecule has 18 heavy (non-hydrogen) atoms. The van der Waals surface area contributed by atoms with Gasteiger partial charge in [-0.25, -0.2) is 0 Å². The second-order valence-electron chi connectivity index (χ2n) is 5.37. The van der Waals surface area contributed by atoms with Gasteiger partial charge in [0.1, 0.15) is 6.07 Å². The van der Waals surface area contributed by atoms with Crippen molar-refractivity contribution < 1.29 is 4.74 Å². The summed E-state index contributed by atoms with van der Waals surface area (Å²) in [4.78, 5) is 0. The standard InChI is InChI=1S/C15H18N2O/c1-10-2-5-13(12(8-10)9-16)17-14-6-7-18-15(14)11-3-4-11/h2,5,8,11,14-15,17H,3-4,6-7H2,1H3. The largest absolute Gasteiger partial charge is 0.379 e. The topological polar surface area (TPSA) is 45.0 Å². The Kier molecular flexibility index (Phi) is 2.97. The zero-order valence-electron chi connectivity index (χ0n) is 10.6. The minimum absolute atomic E-state index is 0.345. The van der Waals surface area contributed by atoms with Crippen LogP contribution in [0.1, 0.15) is 30.4 Å². The molecule has 2 aliphatic rings. The molecule has 1 aromatic rings. The third kappa shape index (κ3) is 2.21. The molecule has 2 fully saturated rings. The molecule has 1 aliphatic carbocycles. The molecule has 94 valence electrons. The van der Waals surface area contributed by atoms with Gasteiger partial charge in [0, 0.05) is 6.61 Å². The molecule has 0 bridgehead atoms. The van der Waals surface area contributed by atoms with E-state index >= 15 is 0 Å². The van der Waals surface area contributed by atoms with Crippen LogP contribution in [0.25, 0.3) is 0 Å². The van der Waals surface area contributed by atoms with Crippen molar-refractivity contribution in [2.75, 3.05) is 11.9 Å². The third-order valence-corrected chi connectivity index (χ3v) is 3.86. The Hall–Kier alpha value is -1.53. The molecule has 1 N–H and O–H groups in total. The summed E-state index contributed by atoms with van der Waals surface area (Å²) in [6, 6.07) is 8.63. The van der Waals surface area contributed by atoms with Crippen molar-refractivity contribution in [3.63, 3.8) is 0 Å². The SMILES string of the molecule is Cc1ccc(NC2CCOC2C2CC2)c(C#N)c1. The van der Waals surface area contributed by atoms with Gasteiger partial charge in [-0.2, -0.15) is 5.26 Å². The average Bonchev–Trinajstić information content (AvgIpc) is 3.12. The van der Waals surface area contributed by atoms with Gasteiger partial charge in [0.2, 0.25) is 0 Å². The average molecular weight is 242 g/mol. The summed E-state index contributed by atoms with van der Waals surface area (Å²) in [7, 11) is 0. The van der Waals surface area contributed by atoms with Crippen molar-refractivity contribution in [1.82, 2.24) is 0 Å². The lowest BCUT2D eigenvalue weighted by atomic mass is 10.0. The third-order valence-electron chi connectivity index (χ3n) is 3.86. The van der Waals surface area contributed by atoms with Crippen LogP contribution in [0.4, 0.5) is 5.69 Å². The first-order valence-electron chi connectivity index (χ1n) is 6.67. The second-order valence-corrected chi connectivity index (χ2v) is 5.37. The fourth-order valence-electron chi connectivity index (χ4n) is 2.73. The zero-order valence-corrected chi connectivity index (χ0v) is 10.6. The summed E-state index contributed by atoms with van der Waals surface area (Å²) in [6.45, 7) is 2.85. The highest BCUT2D eigenvalue weighted by molar-refractivity contribution is 5.59. The van der Waals surface area contributed by atoms with Gasteiger partial charge in [-0.1, -0.05) is 6.07 Å². The fourth-order valence-corrected chi connectivity index (χ4v) is 2.73. The first-order valence-corrected chi connectivity index (χ1v) is 6.67. The molecule has 0 aromatic heterocycles. The zero-order chi connectivity index (χ0) is 12.5. The summed E-state index contributed by atoms with van der Waals surface area (Å²) in [5, 5.41) is 12.7. The number of hydrogen-bond acceptors (Lipinski definition) is 3. The molecule has 1 saturated carbocycles. The molecule has 3 rings (SSSR count). The van der Waals surface area contributed by atoms with Gasteiger partial charge in [0.25, 0.3) is 0 Å². The van der Waals surface area contributed by atoms with Gasteiger partial charge in [-0.15, -0.1) is 0 Å². The monoisotopic (exact) mass is 242 g/mol. The molecule has 1 saturated heterocycles. The van der Waals surface area contributed by atoms with Crippen molar-refractivity contribution in [1.29, 1.82) is 5.26 Å². The van der Waals surface area contributed by atoms with Gasteiger partial charge < -0.3 is 10.1 Å². The van der Waals surface area contributed by atoms with Crippen LogP contribution in [0.15, 0.2) is 18.2 Å². The summed E-state index contributed by atoms with van der Waals surface area (Å²) >= 11 is 0. The molecule has 1 aliphatic heterocycles. The highest BCUT2D eigenvalue weighted by Gasteiger charge is 2.40. The van der Waals surface area contributed by atoms with E-state index in [0.717, 1.165) is 35.8 Å². The van der Waals surface area contributed by atoms with E-state index in [4.69, 9.17) is 4.74 Å². The van der Waals surface area contributed by atoms with Gasteiger partial charge in [-0.3, -0.25) is 0 Å². The van der Waals surface area contributed by atoms with Gasteiger partial charge in [0.05, 0.1) is 23.4 Å². The molecular formula is C15H18N2O. The summed E-state index contributed by atoms with van der Waals surface area (Å²) in [5.74, 6) is 0.737. The smallest absolute Gasteiger partial charge is 0.101 e. The maximum atomic E-state index is 9.18. The number of aryl methyl sites for hydroxylation is 1. The predicted octanol–water partition coefficient (Wildman–Crippen LogP) is 2.85. The molecule has 0 amide bonds. The number of ether oxygens (including phenoxy) is 1. The van der Waals surface area contributed by atoms with Crippen molar-refractivity contribution in [3.05, 3.63) is 29.3 Å². The van der Waals surface area contributed by atoms with E-state index in [1.807, 2.05) is 25.1 Å². The van der Waals surface area contributed by atoms with Crippen LogP contribution in [0, 0.1) is 24.2 Å². The van der Waals surface area contributed by atoms with Crippen LogP contribution in [0.3, 0.4) is 0 Å². The predicted molar refractivity (Wildman–Crippen MR) is 70.4 cm³/mol. The molecule has 0 radical (unpaired) electrons. The van der Waals surface area contributed by atoms with Gasteiger partial charge >= 0.3 is 0 Å². The van der Waals surface area contributed by atoms with Gasteiger partial charge in [0.15, 0.2) is 0 Å². The molecule has 3 heteroatoms.